The van der Waals surface area contributed by atoms with Crippen LogP contribution < -0.4 is 0 Å². The third-order valence-electron chi connectivity index (χ3n) is 0. The van der Waals surface area contributed by atoms with Crippen LogP contribution in [0.15, 0.2) is 24.3 Å². The van der Waals surface area contributed by atoms with E-state index in [1.54, 1.807) is 0 Å². The molecule has 0 aromatic carbocycles. The molecule has 0 radical (unpaired) electrons. The Hall–Kier alpha value is -0.350. The smallest absolute Gasteiger partial charge is 0.144 e. The monoisotopic (exact) mass is 298 g/mol. The lowest BCUT2D eigenvalue weighted by Gasteiger charge is -1.70. The maximum absolute atomic E-state index is 9.63. The molecule has 0 amide bonds. The highest BCUT2D eigenvalue weighted by molar-refractivity contribution is 8.12. The van der Waals surface area contributed by atoms with Gasteiger partial charge in [0.25, 0.3) is 0 Å². The van der Waals surface area contributed by atoms with Crippen LogP contribution in [0.2, 0.25) is 0 Å². The average molecular weight is 299 g/mol. The van der Waals surface area contributed by atoms with Gasteiger partial charge in [0.1, 0.15) is 9.84 Å². The van der Waals surface area contributed by atoms with E-state index in [4.69, 9.17) is 0 Å². The molecule has 0 aliphatic carbocycles. The van der Waals surface area contributed by atoms with Gasteiger partial charge in [-0.3, -0.25) is 0 Å². The van der Waals surface area contributed by atoms with Crippen molar-refractivity contribution in [3.63, 3.8) is 0 Å². The molecule has 0 bridgehead atoms. The van der Waals surface area contributed by atoms with Crippen LogP contribution in [0.3, 0.4) is 0 Å². The van der Waals surface area contributed by atoms with Gasteiger partial charge in [0.15, 0.2) is 0 Å². The van der Waals surface area contributed by atoms with Crippen molar-refractivity contribution >= 4 is 26.2 Å². The molecule has 18 heavy (non-hydrogen) atoms. The van der Waals surface area contributed by atoms with Crippen molar-refractivity contribution in [2.24, 2.45) is 0 Å². The Labute approximate surface area is 119 Å². The van der Waals surface area contributed by atoms with Crippen LogP contribution in [-0.2, 0) is 9.84 Å². The first-order valence-electron chi connectivity index (χ1n) is 4.96. The molecule has 0 fully saturated rings. The third-order valence-corrected chi connectivity index (χ3v) is 0. The van der Waals surface area contributed by atoms with Gasteiger partial charge in [-0.2, -0.15) is 10.5 Å². The van der Waals surface area contributed by atoms with Crippen molar-refractivity contribution < 1.29 is 8.42 Å². The Morgan fingerprint density at radius 3 is 0.889 bits per heavy atom. The van der Waals surface area contributed by atoms with Crippen molar-refractivity contribution in [3.05, 3.63) is 24.3 Å². The number of allylic oxidation sites excluding steroid dienone is 2. The first-order chi connectivity index (χ1) is 7.20. The predicted octanol–water partition coefficient (Wildman–Crippen LogP) is 4.41. The van der Waals surface area contributed by atoms with E-state index in [0.29, 0.717) is 10.5 Å². The molecule has 2 nitrogen and oxygen atoms in total. The number of hydrogen-bond acceptors (Lipinski definition) is 2. The van der Waals surface area contributed by atoms with Gasteiger partial charge in [-0.1, -0.05) is 24.4 Å². The van der Waals surface area contributed by atoms with Crippen LogP contribution in [0.5, 0.6) is 0 Å². The molecule has 0 aromatic heterocycles. The molecule has 0 saturated heterocycles. The summed E-state index contributed by atoms with van der Waals surface area (Å²) in [6, 6.07) is 0. The van der Waals surface area contributed by atoms with Crippen LogP contribution in [0.4, 0.5) is 0 Å². The molecular weight excluding hydrogens is 264 g/mol. The Balaban J connectivity index is -0.0000000412. The molecule has 0 spiro atoms. The van der Waals surface area contributed by atoms with Gasteiger partial charge in [-0.25, -0.2) is 8.42 Å². The van der Waals surface area contributed by atoms with E-state index in [1.165, 1.54) is 11.1 Å². The highest BCUT2D eigenvalue weighted by Crippen LogP contribution is 1.86. The molecule has 0 aliphatic rings. The molecule has 0 aliphatic heterocycles. The highest BCUT2D eigenvalue weighted by Gasteiger charge is 1.79. The summed E-state index contributed by atoms with van der Waals surface area (Å²) in [6.07, 6.45) is 6.49. The Morgan fingerprint density at radius 2 is 0.889 bits per heavy atom. The minimum Gasteiger partial charge on any atom is -0.229 e. The fourth-order valence-corrected chi connectivity index (χ4v) is 0. The Morgan fingerprint density at radius 1 is 0.889 bits per heavy atom. The Kier molecular flexibility index (Phi) is 32.3. The van der Waals surface area contributed by atoms with Gasteiger partial charge in [0.2, 0.25) is 0 Å². The fourth-order valence-electron chi connectivity index (χ4n) is 0. The number of sulfone groups is 1. The quantitative estimate of drug-likeness (QED) is 0.490. The maximum Gasteiger partial charge on any atom is 0.144 e. The molecule has 4 heteroatoms. The molecule has 0 saturated carbocycles. The fraction of sp³-hybridized carbons (Fsp3) is 0.643. The SMILES string of the molecule is C.C=C(C)C.C=C(C)C.C=S(C)C.CS(C)(=O)=O. The van der Waals surface area contributed by atoms with E-state index >= 15 is 0 Å². The molecule has 114 valence electrons. The van der Waals surface area contributed by atoms with Crippen LogP contribution in [0, 0.1) is 0 Å². The summed E-state index contributed by atoms with van der Waals surface area (Å²) in [7, 11) is -2.28. The highest BCUT2D eigenvalue weighted by atomic mass is 32.2. The van der Waals surface area contributed by atoms with Crippen molar-refractivity contribution in [3.8, 4) is 0 Å². The second-order valence-corrected chi connectivity index (χ2v) is 8.80. The zero-order chi connectivity index (χ0) is 15.2. The van der Waals surface area contributed by atoms with Gasteiger partial charge >= 0.3 is 0 Å². The van der Waals surface area contributed by atoms with Crippen molar-refractivity contribution in [1.29, 1.82) is 0 Å². The number of hydrogen-bond donors (Lipinski definition) is 0. The van der Waals surface area contributed by atoms with E-state index in [0.717, 1.165) is 12.5 Å². The summed E-state index contributed by atoms with van der Waals surface area (Å²) in [4.78, 5) is 0. The normalized spacial score (nSPS) is 8.06. The summed E-state index contributed by atoms with van der Waals surface area (Å²) in [5.74, 6) is 3.67. The second kappa shape index (κ2) is 19.0. The van der Waals surface area contributed by atoms with Crippen LogP contribution in [-0.4, -0.2) is 39.3 Å². The van der Waals surface area contributed by atoms with Gasteiger partial charge in [0.05, 0.1) is 0 Å². The van der Waals surface area contributed by atoms with Gasteiger partial charge < -0.3 is 0 Å². The summed E-state index contributed by atoms with van der Waals surface area (Å²) in [5, 5.41) is 0. The topological polar surface area (TPSA) is 34.1 Å². The molecule has 0 N–H and O–H groups in total. The largest absolute Gasteiger partial charge is 0.229 e. The van der Waals surface area contributed by atoms with Gasteiger partial charge in [-0.05, 0) is 40.2 Å². The molecule has 0 aromatic rings. The van der Waals surface area contributed by atoms with Crippen molar-refractivity contribution in [2.45, 2.75) is 35.1 Å². The standard InChI is InChI=1S/2C4H8.C3H8S.C2H6O2S.CH4/c3*1-4(2)3;1-5(2,3)4;/h3*1H2,2-3H3;1-2H3;1H4. The summed E-state index contributed by atoms with van der Waals surface area (Å²) in [6.45, 7) is 15.0. The molecule has 0 rings (SSSR count). The first kappa shape index (κ1) is 30.6. The van der Waals surface area contributed by atoms with E-state index in [-0.39, 0.29) is 7.43 Å². The van der Waals surface area contributed by atoms with E-state index in [1.807, 2.05) is 27.7 Å². The molecule has 0 atom stereocenters. The van der Waals surface area contributed by atoms with Gasteiger partial charge in [0, 0.05) is 12.5 Å². The second-order valence-electron chi connectivity index (χ2n) is 4.54. The lowest BCUT2D eigenvalue weighted by atomic mass is 10.4. The predicted molar refractivity (Wildman–Crippen MR) is 95.0 cm³/mol. The van der Waals surface area contributed by atoms with E-state index in [2.05, 4.69) is 31.5 Å². The molecule has 0 unspecified atom stereocenters. The maximum atomic E-state index is 9.63. The lowest BCUT2D eigenvalue weighted by Crippen LogP contribution is -1.86. The number of rotatable bonds is 0. The van der Waals surface area contributed by atoms with Gasteiger partial charge in [-0.15, -0.1) is 13.2 Å². The summed E-state index contributed by atoms with van der Waals surface area (Å²) >= 11 is 0. The summed E-state index contributed by atoms with van der Waals surface area (Å²) < 4.78 is 19.3. The minimum atomic E-state index is -2.67. The van der Waals surface area contributed by atoms with Crippen molar-refractivity contribution in [2.75, 3.05) is 25.0 Å². The van der Waals surface area contributed by atoms with Crippen LogP contribution in [0.25, 0.3) is 0 Å². The Bertz CT molecular complexity index is 264. The molecule has 0 heterocycles. The third kappa shape index (κ3) is 27400. The van der Waals surface area contributed by atoms with E-state index < -0.39 is 9.84 Å². The summed E-state index contributed by atoms with van der Waals surface area (Å²) in [5.41, 5.74) is 2.33. The zero-order valence-corrected chi connectivity index (χ0v) is 14.4. The lowest BCUT2D eigenvalue weighted by molar-refractivity contribution is 0.607. The van der Waals surface area contributed by atoms with Crippen molar-refractivity contribution in [1.82, 2.24) is 0 Å². The molecular formula is C14H34O2S2. The van der Waals surface area contributed by atoms with E-state index in [9.17, 15) is 8.42 Å². The van der Waals surface area contributed by atoms with Crippen LogP contribution >= 0.6 is 10.5 Å². The van der Waals surface area contributed by atoms with Crippen LogP contribution in [0.1, 0.15) is 35.1 Å². The first-order valence-corrected chi connectivity index (χ1v) is 9.47. The minimum absolute atomic E-state index is 0. The average Bonchev–Trinajstić information content (AvgIpc) is 1.73. The zero-order valence-electron chi connectivity index (χ0n) is 12.8.